The van der Waals surface area contributed by atoms with Crippen LogP contribution in [0.3, 0.4) is 0 Å². The molecule has 124 valence electrons. The largest absolute Gasteiger partial charge is 0.324 e. The van der Waals surface area contributed by atoms with Gasteiger partial charge in [0.2, 0.25) is 5.91 Å². The van der Waals surface area contributed by atoms with Gasteiger partial charge in [0.15, 0.2) is 0 Å². The number of nitrogens with zero attached hydrogens (tertiary/aromatic N) is 1. The minimum Gasteiger partial charge on any atom is -0.324 e. The van der Waals surface area contributed by atoms with Crippen molar-refractivity contribution in [1.82, 2.24) is 4.31 Å². The van der Waals surface area contributed by atoms with Gasteiger partial charge in [-0.3, -0.25) is 4.79 Å². The Morgan fingerprint density at radius 3 is 2.52 bits per heavy atom. The van der Waals surface area contributed by atoms with Crippen molar-refractivity contribution >= 4 is 67.8 Å². The smallest absolute Gasteiger partial charge is 0.252 e. The summed E-state index contributed by atoms with van der Waals surface area (Å²) in [6.07, 6.45) is 0. The fourth-order valence-electron chi connectivity index (χ4n) is 1.66. The van der Waals surface area contributed by atoms with Crippen LogP contribution in [0.4, 0.5) is 5.69 Å². The molecule has 0 bridgehead atoms. The third kappa shape index (κ3) is 4.59. The van der Waals surface area contributed by atoms with E-state index < -0.39 is 15.9 Å². The van der Waals surface area contributed by atoms with E-state index in [0.717, 1.165) is 15.6 Å². The molecular weight excluding hydrogens is 403 g/mol. The number of nitrogens with one attached hydrogen (secondary N) is 1. The number of carbonyl (C=O) groups is 1. The van der Waals surface area contributed by atoms with Gasteiger partial charge < -0.3 is 5.32 Å². The number of hydrogen-bond donors (Lipinski definition) is 1. The number of rotatable bonds is 5. The first-order valence-electron chi connectivity index (χ1n) is 6.17. The van der Waals surface area contributed by atoms with Crippen LogP contribution in [0.15, 0.2) is 34.5 Å². The van der Waals surface area contributed by atoms with E-state index in [1.807, 2.05) is 0 Å². The summed E-state index contributed by atoms with van der Waals surface area (Å²) < 4.78 is 26.0. The van der Waals surface area contributed by atoms with Crippen LogP contribution in [0, 0.1) is 0 Å². The minimum atomic E-state index is -3.78. The standard InChI is InChI=1S/C13H11Cl3N2O3S2/c1-18(23(20,21)13-5-4-11(16)22-13)7-12(19)17-10-6-8(14)2-3-9(10)15/h2-6H,7H2,1H3,(H,17,19). The molecule has 0 saturated heterocycles. The molecule has 1 aromatic heterocycles. The van der Waals surface area contributed by atoms with Crippen molar-refractivity contribution in [3.63, 3.8) is 0 Å². The number of benzene rings is 1. The summed E-state index contributed by atoms with van der Waals surface area (Å²) in [7, 11) is -2.47. The van der Waals surface area contributed by atoms with E-state index in [1.165, 1.54) is 31.3 Å². The predicted octanol–water partition coefficient (Wildman–Crippen LogP) is 3.97. The number of hydrogen-bond acceptors (Lipinski definition) is 4. The van der Waals surface area contributed by atoms with Crippen LogP contribution in [0.1, 0.15) is 0 Å². The van der Waals surface area contributed by atoms with Crippen molar-refractivity contribution in [1.29, 1.82) is 0 Å². The van der Waals surface area contributed by atoms with E-state index >= 15 is 0 Å². The third-order valence-electron chi connectivity index (χ3n) is 2.78. The summed E-state index contributed by atoms with van der Waals surface area (Å²) in [5.74, 6) is -0.539. The fraction of sp³-hybridized carbons (Fsp3) is 0.154. The van der Waals surface area contributed by atoms with Crippen molar-refractivity contribution in [3.05, 3.63) is 44.7 Å². The van der Waals surface area contributed by atoms with Gasteiger partial charge in [0.05, 0.1) is 21.6 Å². The molecule has 10 heteroatoms. The molecule has 0 unspecified atom stereocenters. The molecule has 23 heavy (non-hydrogen) atoms. The van der Waals surface area contributed by atoms with Crippen LogP contribution >= 0.6 is 46.1 Å². The van der Waals surface area contributed by atoms with Crippen LogP contribution in [0.25, 0.3) is 0 Å². The van der Waals surface area contributed by atoms with Gasteiger partial charge in [-0.15, -0.1) is 11.3 Å². The van der Waals surface area contributed by atoms with Gasteiger partial charge in [0, 0.05) is 12.1 Å². The van der Waals surface area contributed by atoms with Gasteiger partial charge in [-0.05, 0) is 30.3 Å². The lowest BCUT2D eigenvalue weighted by Crippen LogP contribution is -2.34. The second-order valence-corrected chi connectivity index (χ2v) is 9.32. The highest BCUT2D eigenvalue weighted by Gasteiger charge is 2.24. The van der Waals surface area contributed by atoms with Crippen LogP contribution in [0.5, 0.6) is 0 Å². The first kappa shape index (κ1) is 18.5. The topological polar surface area (TPSA) is 66.5 Å². The van der Waals surface area contributed by atoms with Gasteiger partial charge in [-0.1, -0.05) is 34.8 Å². The maximum absolute atomic E-state index is 12.3. The summed E-state index contributed by atoms with van der Waals surface area (Å²) in [5, 5.41) is 3.23. The van der Waals surface area contributed by atoms with Crippen molar-refractivity contribution in [2.45, 2.75) is 4.21 Å². The van der Waals surface area contributed by atoms with Crippen molar-refractivity contribution in [2.24, 2.45) is 0 Å². The summed E-state index contributed by atoms with van der Waals surface area (Å²) in [6, 6.07) is 7.48. The molecule has 1 N–H and O–H groups in total. The molecule has 1 amide bonds. The maximum Gasteiger partial charge on any atom is 0.252 e. The molecule has 2 rings (SSSR count). The lowest BCUT2D eigenvalue weighted by molar-refractivity contribution is -0.116. The van der Waals surface area contributed by atoms with Gasteiger partial charge in [-0.25, -0.2) is 8.42 Å². The Balaban J connectivity index is 2.09. The number of halogens is 3. The van der Waals surface area contributed by atoms with Gasteiger partial charge in [-0.2, -0.15) is 4.31 Å². The predicted molar refractivity (Wildman–Crippen MR) is 94.2 cm³/mol. The molecule has 0 aliphatic heterocycles. The lowest BCUT2D eigenvalue weighted by Gasteiger charge is -2.16. The third-order valence-corrected chi connectivity index (χ3v) is 6.85. The van der Waals surface area contributed by atoms with Crippen LogP contribution in [-0.2, 0) is 14.8 Å². The molecule has 0 aliphatic rings. The molecule has 0 atom stereocenters. The molecule has 0 spiro atoms. The number of thiophene rings is 1. The zero-order valence-corrected chi connectivity index (χ0v) is 15.6. The molecule has 5 nitrogen and oxygen atoms in total. The number of sulfonamides is 1. The van der Waals surface area contributed by atoms with Gasteiger partial charge in [0.25, 0.3) is 10.0 Å². The molecule has 0 saturated carbocycles. The molecule has 0 radical (unpaired) electrons. The van der Waals surface area contributed by atoms with Crippen LogP contribution in [0.2, 0.25) is 14.4 Å². The van der Waals surface area contributed by atoms with Crippen LogP contribution in [-0.4, -0.2) is 32.2 Å². The Labute approximate surface area is 152 Å². The van der Waals surface area contributed by atoms with E-state index in [4.69, 9.17) is 34.8 Å². The first-order chi connectivity index (χ1) is 10.7. The molecule has 2 aromatic rings. The monoisotopic (exact) mass is 412 g/mol. The Bertz CT molecular complexity index is 837. The van der Waals surface area contributed by atoms with Crippen molar-refractivity contribution in [2.75, 3.05) is 18.9 Å². The summed E-state index contributed by atoms with van der Waals surface area (Å²) in [4.78, 5) is 12.0. The SMILES string of the molecule is CN(CC(=O)Nc1cc(Cl)ccc1Cl)S(=O)(=O)c1ccc(Cl)s1. The summed E-state index contributed by atoms with van der Waals surface area (Å²) in [5.41, 5.74) is 0.314. The van der Waals surface area contributed by atoms with E-state index in [9.17, 15) is 13.2 Å². The molecule has 0 aliphatic carbocycles. The quantitative estimate of drug-likeness (QED) is 0.806. The number of anilines is 1. The average Bonchev–Trinajstić information content (AvgIpc) is 2.90. The normalized spacial score (nSPS) is 11.7. The van der Waals surface area contributed by atoms with E-state index in [1.54, 1.807) is 6.07 Å². The second-order valence-electron chi connectivity index (χ2n) is 4.49. The van der Waals surface area contributed by atoms with Gasteiger partial charge in [0.1, 0.15) is 4.21 Å². The zero-order valence-electron chi connectivity index (χ0n) is 11.7. The van der Waals surface area contributed by atoms with E-state index in [0.29, 0.717) is 20.1 Å². The highest BCUT2D eigenvalue weighted by atomic mass is 35.5. The van der Waals surface area contributed by atoms with E-state index in [-0.39, 0.29) is 10.8 Å². The second kappa shape index (κ2) is 7.38. The zero-order chi connectivity index (χ0) is 17.2. The van der Waals surface area contributed by atoms with Gasteiger partial charge >= 0.3 is 0 Å². The highest BCUT2D eigenvalue weighted by Crippen LogP contribution is 2.28. The minimum absolute atomic E-state index is 0.0681. The highest BCUT2D eigenvalue weighted by molar-refractivity contribution is 7.91. The molecular formula is C13H11Cl3N2O3S2. The van der Waals surface area contributed by atoms with Crippen LogP contribution < -0.4 is 5.32 Å². The molecule has 1 heterocycles. The summed E-state index contributed by atoms with van der Waals surface area (Å²) >= 11 is 18.5. The molecule has 0 fully saturated rings. The Hall–Kier alpha value is -0.830. The van der Waals surface area contributed by atoms with Crippen molar-refractivity contribution in [3.8, 4) is 0 Å². The maximum atomic E-state index is 12.3. The number of likely N-dealkylation sites (N-methyl/N-ethyl adjacent to an activating group) is 1. The Morgan fingerprint density at radius 1 is 1.22 bits per heavy atom. The average molecular weight is 414 g/mol. The lowest BCUT2D eigenvalue weighted by atomic mass is 10.3. The van der Waals surface area contributed by atoms with Crippen molar-refractivity contribution < 1.29 is 13.2 Å². The Kier molecular flexibility index (Phi) is 5.94. The fourth-order valence-corrected chi connectivity index (χ4v) is 4.82. The number of amides is 1. The summed E-state index contributed by atoms with van der Waals surface area (Å²) in [6.45, 7) is -0.374. The molecule has 1 aromatic carbocycles. The number of carbonyl (C=O) groups excluding carboxylic acids is 1. The first-order valence-corrected chi connectivity index (χ1v) is 9.56. The Morgan fingerprint density at radius 2 is 1.91 bits per heavy atom. The van der Waals surface area contributed by atoms with E-state index in [2.05, 4.69) is 5.32 Å².